The molecule has 0 radical (unpaired) electrons. The Morgan fingerprint density at radius 1 is 1.05 bits per heavy atom. The number of benzene rings is 1. The maximum Gasteiger partial charge on any atom is 0.265 e. The van der Waals surface area contributed by atoms with Crippen LogP contribution in [-0.4, -0.2) is 16.7 Å². The highest BCUT2D eigenvalue weighted by Gasteiger charge is 2.33. The second kappa shape index (κ2) is 7.44. The molecular weight excluding hydrogens is 262 g/mol. The minimum Gasteiger partial charge on any atom is -0.268 e. The molecule has 3 heteroatoms. The zero-order chi connectivity index (χ0) is 15.1. The number of carbonyl (C=O) groups excluding carboxylic acids is 2. The van der Waals surface area contributed by atoms with Gasteiger partial charge in [-0.2, -0.15) is 0 Å². The lowest BCUT2D eigenvalue weighted by molar-refractivity contribution is 0.0721. The summed E-state index contributed by atoms with van der Waals surface area (Å²) >= 11 is 0. The summed E-state index contributed by atoms with van der Waals surface area (Å²) in [6.45, 7) is 2.18. The first-order valence-corrected chi connectivity index (χ1v) is 7.37. The van der Waals surface area contributed by atoms with Gasteiger partial charge in [0, 0.05) is 18.7 Å². The van der Waals surface area contributed by atoms with Gasteiger partial charge in [-0.05, 0) is 18.6 Å². The molecule has 0 atom stereocenters. The highest BCUT2D eigenvalue weighted by Crippen LogP contribution is 2.22. The van der Waals surface area contributed by atoms with E-state index in [2.05, 4.69) is 18.8 Å². The third-order valence-electron chi connectivity index (χ3n) is 3.39. The van der Waals surface area contributed by atoms with E-state index in [4.69, 9.17) is 0 Å². The fourth-order valence-electron chi connectivity index (χ4n) is 2.23. The van der Waals surface area contributed by atoms with Gasteiger partial charge in [0.05, 0.1) is 11.1 Å². The summed E-state index contributed by atoms with van der Waals surface area (Å²) in [7, 11) is 0. The number of hydrogen-bond donors (Lipinski definition) is 0. The predicted molar refractivity (Wildman–Crippen MR) is 82.6 cm³/mol. The minimum absolute atomic E-state index is 0.281. The van der Waals surface area contributed by atoms with E-state index in [0.29, 0.717) is 11.1 Å². The molecule has 0 saturated heterocycles. The van der Waals surface area contributed by atoms with E-state index in [1.165, 1.54) is 25.5 Å². The summed E-state index contributed by atoms with van der Waals surface area (Å²) in [6.07, 6.45) is 8.65. The van der Waals surface area contributed by atoms with Crippen LogP contribution in [0.3, 0.4) is 0 Å². The Hall–Kier alpha value is -2.34. The van der Waals surface area contributed by atoms with Gasteiger partial charge < -0.3 is 0 Å². The van der Waals surface area contributed by atoms with Crippen LogP contribution in [0.5, 0.6) is 0 Å². The number of amides is 2. The average Bonchev–Trinajstić information content (AvgIpc) is 2.75. The number of carbonyl (C=O) groups is 2. The van der Waals surface area contributed by atoms with Crippen molar-refractivity contribution in [3.8, 4) is 11.8 Å². The van der Waals surface area contributed by atoms with Crippen molar-refractivity contribution in [2.24, 2.45) is 0 Å². The Morgan fingerprint density at radius 2 is 1.71 bits per heavy atom. The lowest BCUT2D eigenvalue weighted by Gasteiger charge is -2.05. The van der Waals surface area contributed by atoms with Crippen molar-refractivity contribution in [1.82, 2.24) is 4.90 Å². The van der Waals surface area contributed by atoms with Gasteiger partial charge in [0.25, 0.3) is 11.8 Å². The monoisotopic (exact) mass is 281 g/mol. The van der Waals surface area contributed by atoms with Gasteiger partial charge in [-0.1, -0.05) is 50.2 Å². The molecule has 21 heavy (non-hydrogen) atoms. The molecule has 3 nitrogen and oxygen atoms in total. The van der Waals surface area contributed by atoms with Crippen molar-refractivity contribution in [3.05, 3.63) is 47.7 Å². The Morgan fingerprint density at radius 3 is 2.33 bits per heavy atom. The van der Waals surface area contributed by atoms with E-state index in [1.54, 1.807) is 30.3 Å². The topological polar surface area (TPSA) is 37.4 Å². The molecule has 1 aliphatic heterocycles. The molecule has 0 fully saturated rings. The number of hydrogen-bond acceptors (Lipinski definition) is 2. The summed E-state index contributed by atoms with van der Waals surface area (Å²) < 4.78 is 0. The van der Waals surface area contributed by atoms with Gasteiger partial charge in [0.15, 0.2) is 0 Å². The van der Waals surface area contributed by atoms with Crippen LogP contribution in [0.25, 0.3) is 0 Å². The second-order valence-electron chi connectivity index (χ2n) is 4.97. The summed E-state index contributed by atoms with van der Waals surface area (Å²) in [4.78, 5) is 25.2. The van der Waals surface area contributed by atoms with Crippen molar-refractivity contribution in [3.63, 3.8) is 0 Å². The molecule has 0 unspecified atom stereocenters. The molecule has 0 aliphatic carbocycles. The quantitative estimate of drug-likeness (QED) is 0.468. The van der Waals surface area contributed by atoms with Gasteiger partial charge >= 0.3 is 0 Å². The molecule has 0 aromatic heterocycles. The smallest absolute Gasteiger partial charge is 0.265 e. The van der Waals surface area contributed by atoms with Crippen LogP contribution in [0.1, 0.15) is 59.7 Å². The summed E-state index contributed by atoms with van der Waals surface area (Å²) in [6, 6.07) is 6.85. The van der Waals surface area contributed by atoms with E-state index in [-0.39, 0.29) is 11.8 Å². The Bertz CT molecular complexity index is 585. The summed E-state index contributed by atoms with van der Waals surface area (Å²) in [5, 5.41) is 0. The molecule has 1 aliphatic rings. The number of fused-ring (bicyclic) bond motifs is 1. The average molecular weight is 281 g/mol. The summed E-state index contributed by atoms with van der Waals surface area (Å²) in [5.41, 5.74) is 0.916. The molecule has 0 bridgehead atoms. The number of allylic oxidation sites excluding steroid dienone is 1. The lowest BCUT2D eigenvalue weighted by atomic mass is 10.1. The van der Waals surface area contributed by atoms with E-state index in [1.807, 2.05) is 0 Å². The van der Waals surface area contributed by atoms with Gasteiger partial charge in [-0.15, -0.1) is 0 Å². The van der Waals surface area contributed by atoms with E-state index in [0.717, 1.165) is 17.7 Å². The zero-order valence-corrected chi connectivity index (χ0v) is 12.3. The van der Waals surface area contributed by atoms with Crippen LogP contribution >= 0.6 is 0 Å². The molecule has 1 heterocycles. The third-order valence-corrected chi connectivity index (χ3v) is 3.39. The van der Waals surface area contributed by atoms with Gasteiger partial charge in [-0.3, -0.25) is 9.59 Å². The fourth-order valence-corrected chi connectivity index (χ4v) is 2.23. The van der Waals surface area contributed by atoms with Crippen LogP contribution in [0, 0.1) is 11.8 Å². The van der Waals surface area contributed by atoms with Crippen LogP contribution in [-0.2, 0) is 0 Å². The highest BCUT2D eigenvalue weighted by atomic mass is 16.2. The maximum atomic E-state index is 12.1. The molecule has 108 valence electrons. The normalized spacial score (nSPS) is 13.5. The van der Waals surface area contributed by atoms with E-state index in [9.17, 15) is 9.59 Å². The van der Waals surface area contributed by atoms with Crippen LogP contribution in [0.2, 0.25) is 0 Å². The van der Waals surface area contributed by atoms with Crippen molar-refractivity contribution >= 4 is 11.8 Å². The molecule has 1 aromatic rings. The molecule has 2 rings (SSSR count). The van der Waals surface area contributed by atoms with Crippen LogP contribution in [0.15, 0.2) is 36.5 Å². The van der Waals surface area contributed by atoms with Gasteiger partial charge in [0.1, 0.15) is 0 Å². The first-order valence-electron chi connectivity index (χ1n) is 7.37. The fraction of sp³-hybridized carbons (Fsp3) is 0.333. The first-order chi connectivity index (χ1) is 10.3. The van der Waals surface area contributed by atoms with E-state index < -0.39 is 0 Å². The number of unbranched alkanes of at least 4 members (excludes halogenated alkanes) is 4. The number of nitrogens with zero attached hydrogens (tertiary/aromatic N) is 1. The third kappa shape index (κ3) is 3.61. The molecule has 1 aromatic carbocycles. The molecule has 0 spiro atoms. The number of imide groups is 1. The molecule has 0 saturated carbocycles. The minimum atomic E-state index is -0.281. The largest absolute Gasteiger partial charge is 0.268 e. The Balaban J connectivity index is 1.90. The Labute approximate surface area is 125 Å². The maximum absolute atomic E-state index is 12.1. The SMILES string of the molecule is CCCCCCC#C/C=C/N1C(=O)c2ccccc2C1=O. The van der Waals surface area contributed by atoms with E-state index >= 15 is 0 Å². The van der Waals surface area contributed by atoms with Crippen LogP contribution < -0.4 is 0 Å². The van der Waals surface area contributed by atoms with Crippen molar-refractivity contribution in [1.29, 1.82) is 0 Å². The second-order valence-corrected chi connectivity index (χ2v) is 4.97. The lowest BCUT2D eigenvalue weighted by Crippen LogP contribution is -2.23. The molecule has 0 N–H and O–H groups in total. The predicted octanol–water partition coefficient (Wildman–Crippen LogP) is 3.77. The van der Waals surface area contributed by atoms with Gasteiger partial charge in [-0.25, -0.2) is 4.90 Å². The van der Waals surface area contributed by atoms with Crippen molar-refractivity contribution < 1.29 is 9.59 Å². The highest BCUT2D eigenvalue weighted by molar-refractivity contribution is 6.22. The zero-order valence-electron chi connectivity index (χ0n) is 12.3. The Kier molecular flexibility index (Phi) is 5.34. The van der Waals surface area contributed by atoms with Crippen LogP contribution in [0.4, 0.5) is 0 Å². The summed E-state index contributed by atoms with van der Waals surface area (Å²) in [5.74, 6) is 5.35. The van der Waals surface area contributed by atoms with Gasteiger partial charge in [0.2, 0.25) is 0 Å². The first kappa shape index (κ1) is 15.1. The van der Waals surface area contributed by atoms with Crippen molar-refractivity contribution in [2.75, 3.05) is 0 Å². The standard InChI is InChI=1S/C18H19NO2/c1-2-3-4-5-6-7-8-11-14-19-17(20)15-12-9-10-13-16(15)18(19)21/h9-14H,2-6H2,1H3/b14-11+. The van der Waals surface area contributed by atoms with Crippen molar-refractivity contribution in [2.45, 2.75) is 39.0 Å². The number of rotatable bonds is 5. The molecule has 2 amide bonds. The molecular formula is C18H19NO2.